The van der Waals surface area contributed by atoms with Gasteiger partial charge in [0.2, 0.25) is 22.2 Å². The topological polar surface area (TPSA) is 89.5 Å². The Balaban J connectivity index is 0.000000194. The van der Waals surface area contributed by atoms with Crippen molar-refractivity contribution >= 4 is 22.2 Å². The van der Waals surface area contributed by atoms with Gasteiger partial charge in [0, 0.05) is 0 Å². The summed E-state index contributed by atoms with van der Waals surface area (Å²) >= 11 is -3.09. The average molecular weight is 739 g/mol. The lowest BCUT2D eigenvalue weighted by Gasteiger charge is -2.08. The molecule has 0 aromatic heterocycles. The molecule has 0 radical (unpaired) electrons. The zero-order valence-electron chi connectivity index (χ0n) is 29.7. The SMILES string of the molecule is COc1ccc(C)cc1.COc1ccc(S(=O)Oc2ccc(C)cc2)cc1.COc1ccc(S(=O)Oc2ccc(OCc3ccccc3)cc2)cc1. The second-order valence-corrected chi connectivity index (χ2v) is 13.3. The molecule has 0 saturated carbocycles. The predicted molar refractivity (Wildman–Crippen MR) is 206 cm³/mol. The summed E-state index contributed by atoms with van der Waals surface area (Å²) in [7, 11) is 4.85. The van der Waals surface area contributed by atoms with E-state index in [2.05, 4.69) is 6.92 Å². The Hall–Kier alpha value is -5.58. The number of aryl methyl sites for hydroxylation is 2. The molecule has 0 aliphatic carbocycles. The summed E-state index contributed by atoms with van der Waals surface area (Å²) in [5.74, 6) is 4.19. The first-order chi connectivity index (χ1) is 25.3. The fraction of sp³-hybridized carbons (Fsp3) is 0.143. The third kappa shape index (κ3) is 13.3. The summed E-state index contributed by atoms with van der Waals surface area (Å²) in [6.07, 6.45) is 0. The van der Waals surface area contributed by atoms with Crippen molar-refractivity contribution < 1.29 is 35.7 Å². The second-order valence-electron chi connectivity index (χ2n) is 11.1. The van der Waals surface area contributed by atoms with Gasteiger partial charge in [-0.15, -0.1) is 0 Å². The highest BCUT2D eigenvalue weighted by molar-refractivity contribution is 7.80. The highest BCUT2D eigenvalue weighted by Gasteiger charge is 2.08. The van der Waals surface area contributed by atoms with Crippen molar-refractivity contribution in [3.63, 3.8) is 0 Å². The molecule has 0 spiro atoms. The molecule has 52 heavy (non-hydrogen) atoms. The minimum absolute atomic E-state index is 0.499. The first-order valence-corrected chi connectivity index (χ1v) is 18.3. The van der Waals surface area contributed by atoms with Crippen LogP contribution in [0.2, 0.25) is 0 Å². The van der Waals surface area contributed by atoms with E-state index in [-0.39, 0.29) is 0 Å². The largest absolute Gasteiger partial charge is 0.497 e. The van der Waals surface area contributed by atoms with Crippen LogP contribution >= 0.6 is 0 Å². The van der Waals surface area contributed by atoms with E-state index in [4.69, 9.17) is 27.3 Å². The Morgan fingerprint density at radius 3 is 1.12 bits per heavy atom. The summed E-state index contributed by atoms with van der Waals surface area (Å²) in [6.45, 7) is 4.54. The number of methoxy groups -OCH3 is 3. The first-order valence-electron chi connectivity index (χ1n) is 16.2. The van der Waals surface area contributed by atoms with Crippen LogP contribution in [-0.4, -0.2) is 29.7 Å². The summed E-state index contributed by atoms with van der Waals surface area (Å²) in [4.78, 5) is 1.18. The van der Waals surface area contributed by atoms with E-state index in [0.717, 1.165) is 28.4 Å². The molecular formula is C42H42O8S2. The van der Waals surface area contributed by atoms with Gasteiger partial charge in [0.05, 0.1) is 31.1 Å². The van der Waals surface area contributed by atoms with Crippen LogP contribution in [0.25, 0.3) is 0 Å². The summed E-state index contributed by atoms with van der Waals surface area (Å²) in [5.41, 5.74) is 3.50. The number of rotatable bonds is 12. The van der Waals surface area contributed by atoms with E-state index in [1.807, 2.05) is 73.7 Å². The van der Waals surface area contributed by atoms with Gasteiger partial charge >= 0.3 is 0 Å². The van der Waals surface area contributed by atoms with E-state index in [1.54, 1.807) is 106 Å². The third-order valence-corrected chi connectivity index (χ3v) is 9.20. The van der Waals surface area contributed by atoms with Gasteiger partial charge in [-0.2, -0.15) is 0 Å². The summed E-state index contributed by atoms with van der Waals surface area (Å²) in [5, 5.41) is 0. The number of hydrogen-bond donors (Lipinski definition) is 0. The molecule has 0 aliphatic heterocycles. The average Bonchev–Trinajstić information content (AvgIpc) is 3.19. The van der Waals surface area contributed by atoms with Crippen molar-refractivity contribution in [3.8, 4) is 34.5 Å². The van der Waals surface area contributed by atoms with Gasteiger partial charge in [0.1, 0.15) is 41.1 Å². The van der Waals surface area contributed by atoms with Crippen molar-refractivity contribution in [2.24, 2.45) is 0 Å². The summed E-state index contributed by atoms with van der Waals surface area (Å²) < 4.78 is 55.8. The van der Waals surface area contributed by atoms with Crippen LogP contribution in [-0.2, 0) is 28.8 Å². The summed E-state index contributed by atoms with van der Waals surface area (Å²) in [6, 6.07) is 46.3. The third-order valence-electron chi connectivity index (χ3n) is 7.20. The monoisotopic (exact) mass is 738 g/mol. The van der Waals surface area contributed by atoms with E-state index in [1.165, 1.54) is 5.56 Å². The molecule has 0 amide bonds. The van der Waals surface area contributed by atoms with Crippen LogP contribution in [0.5, 0.6) is 34.5 Å². The highest BCUT2D eigenvalue weighted by atomic mass is 32.2. The number of ether oxygens (including phenoxy) is 4. The second kappa shape index (κ2) is 20.9. The Morgan fingerprint density at radius 1 is 0.404 bits per heavy atom. The molecule has 0 bridgehead atoms. The molecule has 10 heteroatoms. The van der Waals surface area contributed by atoms with Crippen molar-refractivity contribution in [2.45, 2.75) is 30.2 Å². The van der Waals surface area contributed by atoms with Crippen LogP contribution in [0, 0.1) is 13.8 Å². The van der Waals surface area contributed by atoms with Crippen LogP contribution in [0.1, 0.15) is 16.7 Å². The van der Waals surface area contributed by atoms with E-state index in [0.29, 0.717) is 33.6 Å². The zero-order valence-corrected chi connectivity index (χ0v) is 31.4. The lowest BCUT2D eigenvalue weighted by atomic mass is 10.2. The Bertz CT molecular complexity index is 1950. The minimum atomic E-state index is -1.58. The fourth-order valence-electron chi connectivity index (χ4n) is 4.25. The Kier molecular flexibility index (Phi) is 15.8. The van der Waals surface area contributed by atoms with Crippen LogP contribution < -0.4 is 27.3 Å². The molecule has 2 atom stereocenters. The normalized spacial score (nSPS) is 11.2. The molecule has 0 aliphatic rings. The first kappa shape index (κ1) is 39.2. The number of hydrogen-bond acceptors (Lipinski definition) is 8. The molecule has 0 fully saturated rings. The standard InChI is InChI=1S/C20H18O4S.C14H14O3S.C8H10O/c1-22-17-11-13-20(14-12-17)25(21)24-19-9-7-18(8-10-19)23-15-16-5-3-2-4-6-16;1-11-3-5-13(6-4-11)17-18(15)14-9-7-12(16-2)8-10-14;1-7-3-5-8(9-2)6-4-7/h2-14H,15H2,1H3;3-10H,1-2H3;3-6H,1-2H3. The Labute approximate surface area is 311 Å². The Morgan fingerprint density at radius 2 is 0.731 bits per heavy atom. The van der Waals surface area contributed by atoms with Gasteiger partial charge in [-0.3, -0.25) is 0 Å². The molecule has 6 rings (SSSR count). The zero-order chi connectivity index (χ0) is 37.1. The predicted octanol–water partition coefficient (Wildman–Crippen LogP) is 9.48. The molecule has 0 N–H and O–H groups in total. The molecule has 6 aromatic rings. The van der Waals surface area contributed by atoms with Gasteiger partial charge in [-0.05, 0) is 116 Å². The van der Waals surface area contributed by atoms with Gasteiger partial charge in [0.25, 0.3) is 0 Å². The van der Waals surface area contributed by atoms with Gasteiger partial charge in [0.15, 0.2) is 0 Å². The molecule has 0 saturated heterocycles. The van der Waals surface area contributed by atoms with Gasteiger partial charge < -0.3 is 27.3 Å². The minimum Gasteiger partial charge on any atom is -0.497 e. The van der Waals surface area contributed by atoms with Crippen molar-refractivity contribution in [3.05, 3.63) is 168 Å². The van der Waals surface area contributed by atoms with E-state index in [9.17, 15) is 8.42 Å². The molecule has 270 valence electrons. The molecule has 6 aromatic carbocycles. The van der Waals surface area contributed by atoms with Gasteiger partial charge in [-0.25, -0.2) is 8.42 Å². The molecule has 8 nitrogen and oxygen atoms in total. The van der Waals surface area contributed by atoms with Crippen LogP contribution in [0.3, 0.4) is 0 Å². The molecule has 0 heterocycles. The highest BCUT2D eigenvalue weighted by Crippen LogP contribution is 2.22. The van der Waals surface area contributed by atoms with Crippen molar-refractivity contribution in [1.82, 2.24) is 0 Å². The van der Waals surface area contributed by atoms with Gasteiger partial charge in [-0.1, -0.05) is 65.7 Å². The molecular weight excluding hydrogens is 697 g/mol. The van der Waals surface area contributed by atoms with Crippen LogP contribution in [0.4, 0.5) is 0 Å². The lowest BCUT2D eigenvalue weighted by molar-refractivity contribution is 0.306. The van der Waals surface area contributed by atoms with Crippen molar-refractivity contribution in [1.29, 1.82) is 0 Å². The number of benzene rings is 6. The van der Waals surface area contributed by atoms with Crippen LogP contribution in [0.15, 0.2) is 161 Å². The van der Waals surface area contributed by atoms with Crippen molar-refractivity contribution in [2.75, 3.05) is 21.3 Å². The fourth-order valence-corrected chi connectivity index (χ4v) is 5.73. The quantitative estimate of drug-likeness (QED) is 0.123. The lowest BCUT2D eigenvalue weighted by Crippen LogP contribution is -2.01. The molecule has 2 unspecified atom stereocenters. The van der Waals surface area contributed by atoms with E-state index >= 15 is 0 Å². The van der Waals surface area contributed by atoms with E-state index < -0.39 is 22.2 Å². The maximum Gasteiger partial charge on any atom is 0.240 e. The maximum atomic E-state index is 12.2. The smallest absolute Gasteiger partial charge is 0.240 e. The maximum absolute atomic E-state index is 12.2.